The van der Waals surface area contributed by atoms with Crippen molar-refractivity contribution in [3.05, 3.63) is 59.7 Å². The molecule has 0 saturated carbocycles. The maximum atomic E-state index is 17.3. The Morgan fingerprint density at radius 1 is 1.11 bits per heavy atom. The predicted octanol–water partition coefficient (Wildman–Crippen LogP) is 4.82. The van der Waals surface area contributed by atoms with Gasteiger partial charge in [-0.05, 0) is 43.6 Å². The number of hydrogen-bond donors (Lipinski definition) is 1. The number of fused-ring (bicyclic) bond motifs is 7. The van der Waals surface area contributed by atoms with Gasteiger partial charge in [-0.25, -0.2) is 18.6 Å². The Labute approximate surface area is 316 Å². The second-order valence-corrected chi connectivity index (χ2v) is 15.6. The van der Waals surface area contributed by atoms with E-state index in [9.17, 15) is 4.79 Å². The SMILES string of the molecule is C#Cc1c(F)ccc2cccc(-c3nc4c5c(nc(OC[C@@]67CC[C@@H](COC(=O)N8CCOCC8)N6CC(=C)C7)nc5c3F)N3CC5CCC(N5)C3CO4)c12. The molecule has 2 aromatic carbocycles. The summed E-state index contributed by atoms with van der Waals surface area (Å²) in [5.74, 6) is 1.90. The molecule has 3 unspecified atom stereocenters. The maximum Gasteiger partial charge on any atom is 0.409 e. The molecule has 0 aliphatic carbocycles. The molecule has 5 fully saturated rings. The van der Waals surface area contributed by atoms with Crippen LogP contribution in [0.25, 0.3) is 32.9 Å². The van der Waals surface area contributed by atoms with E-state index in [1.54, 1.807) is 29.2 Å². The second-order valence-electron chi connectivity index (χ2n) is 15.6. The fourth-order valence-electron chi connectivity index (χ4n) is 9.81. The normalized spacial score (nSPS) is 27.1. The fraction of sp³-hybridized carbons (Fsp3) is 0.463. The van der Waals surface area contributed by atoms with E-state index in [-0.39, 0.29) is 72.1 Å². The van der Waals surface area contributed by atoms with Gasteiger partial charge in [0.05, 0.1) is 30.4 Å². The monoisotopic (exact) mass is 749 g/mol. The largest absolute Gasteiger partial charge is 0.475 e. The molecule has 4 aromatic rings. The zero-order chi connectivity index (χ0) is 37.4. The molecule has 14 heteroatoms. The first-order valence-electron chi connectivity index (χ1n) is 19.1. The number of pyridine rings is 1. The minimum Gasteiger partial charge on any atom is -0.475 e. The minimum atomic E-state index is -0.704. The summed E-state index contributed by atoms with van der Waals surface area (Å²) in [6.45, 7) is 8.49. The van der Waals surface area contributed by atoms with Crippen LogP contribution in [0.15, 0.2) is 42.5 Å². The first-order valence-corrected chi connectivity index (χ1v) is 19.1. The molecular weight excluding hydrogens is 708 g/mol. The van der Waals surface area contributed by atoms with E-state index < -0.39 is 17.2 Å². The zero-order valence-electron chi connectivity index (χ0n) is 30.4. The van der Waals surface area contributed by atoms with Crippen LogP contribution in [0.3, 0.4) is 0 Å². The number of hydrogen-bond acceptors (Lipinski definition) is 11. The van der Waals surface area contributed by atoms with Gasteiger partial charge in [-0.2, -0.15) is 9.97 Å². The highest BCUT2D eigenvalue weighted by molar-refractivity contribution is 6.03. The van der Waals surface area contributed by atoms with Crippen molar-refractivity contribution >= 4 is 33.6 Å². The molecule has 0 radical (unpaired) electrons. The Balaban J connectivity index is 1.02. The summed E-state index contributed by atoms with van der Waals surface area (Å²) < 4.78 is 56.5. The number of nitrogens with zero attached hydrogens (tertiary/aromatic N) is 6. The van der Waals surface area contributed by atoms with Gasteiger partial charge in [-0.1, -0.05) is 42.3 Å². The first-order chi connectivity index (χ1) is 26.8. The van der Waals surface area contributed by atoms with Crippen molar-refractivity contribution < 1.29 is 32.5 Å². The van der Waals surface area contributed by atoms with E-state index in [1.807, 2.05) is 0 Å². The summed E-state index contributed by atoms with van der Waals surface area (Å²) in [6, 6.07) is 8.57. The van der Waals surface area contributed by atoms with Crippen LogP contribution in [0.1, 0.15) is 37.7 Å². The van der Waals surface area contributed by atoms with Crippen LogP contribution in [0.4, 0.5) is 19.4 Å². The van der Waals surface area contributed by atoms with Gasteiger partial charge in [0.15, 0.2) is 5.82 Å². The molecule has 5 saturated heterocycles. The van der Waals surface area contributed by atoms with E-state index in [4.69, 9.17) is 40.3 Å². The number of amides is 1. The second kappa shape index (κ2) is 13.3. The first kappa shape index (κ1) is 34.4. The van der Waals surface area contributed by atoms with E-state index in [0.29, 0.717) is 80.0 Å². The molecule has 6 aliphatic rings. The van der Waals surface area contributed by atoms with Crippen LogP contribution in [0.2, 0.25) is 0 Å². The van der Waals surface area contributed by atoms with Gasteiger partial charge in [0.25, 0.3) is 0 Å². The number of halogens is 2. The van der Waals surface area contributed by atoms with Crippen molar-refractivity contribution in [3.63, 3.8) is 0 Å². The van der Waals surface area contributed by atoms with E-state index >= 15 is 8.78 Å². The van der Waals surface area contributed by atoms with Crippen LogP contribution in [0.5, 0.6) is 11.9 Å². The number of ether oxygens (including phenoxy) is 4. The average molecular weight is 750 g/mol. The summed E-state index contributed by atoms with van der Waals surface area (Å²) >= 11 is 0. The molecule has 2 aromatic heterocycles. The molecule has 284 valence electrons. The molecule has 0 spiro atoms. The lowest BCUT2D eigenvalue weighted by Crippen LogP contribution is -2.60. The molecule has 12 nitrogen and oxygen atoms in total. The number of rotatable bonds is 6. The summed E-state index contributed by atoms with van der Waals surface area (Å²) in [7, 11) is 0. The standard InChI is InChI=1S/C41H41F2N7O5/c1-3-27-29(42)9-7-24-5-4-6-28(32(24)27)35-34(43)36-33-37(49-19-25-8-10-30(44-25)31(49)21-53-38(33)45-35)47-39(46-36)55-22-41-12-11-26(50(41)18-23(2)17-41)20-54-40(51)48-13-15-52-16-14-48/h1,4-7,9,25-26,30-31,44H,2,8,10-22H2/t25?,26-,30?,31?,41-/m0/s1. The van der Waals surface area contributed by atoms with Crippen LogP contribution < -0.4 is 19.7 Å². The quantitative estimate of drug-likeness (QED) is 0.216. The Bertz CT molecular complexity index is 2300. The number of benzene rings is 2. The van der Waals surface area contributed by atoms with E-state index in [2.05, 4.69) is 27.6 Å². The smallest absolute Gasteiger partial charge is 0.409 e. The van der Waals surface area contributed by atoms with Gasteiger partial charge in [0, 0.05) is 55.3 Å². The highest BCUT2D eigenvalue weighted by Crippen LogP contribution is 2.46. The topological polar surface area (TPSA) is 114 Å². The molecule has 5 atom stereocenters. The van der Waals surface area contributed by atoms with Crippen molar-refractivity contribution in [1.29, 1.82) is 0 Å². The highest BCUT2D eigenvalue weighted by Gasteiger charge is 2.52. The predicted molar refractivity (Wildman–Crippen MR) is 200 cm³/mol. The molecule has 55 heavy (non-hydrogen) atoms. The molecule has 1 amide bonds. The summed E-state index contributed by atoms with van der Waals surface area (Å²) in [4.78, 5) is 33.6. The highest BCUT2D eigenvalue weighted by atomic mass is 19.1. The number of piperazine rings is 1. The van der Waals surface area contributed by atoms with E-state index in [1.165, 1.54) is 6.07 Å². The van der Waals surface area contributed by atoms with Gasteiger partial charge in [0.2, 0.25) is 5.88 Å². The fourth-order valence-corrected chi connectivity index (χ4v) is 9.81. The molecule has 6 aliphatic heterocycles. The number of carbonyl (C=O) groups excluding carboxylic acids is 1. The van der Waals surface area contributed by atoms with Gasteiger partial charge >= 0.3 is 12.1 Å². The lowest BCUT2D eigenvalue weighted by Gasteiger charge is -2.40. The lowest BCUT2D eigenvalue weighted by atomic mass is 9.94. The van der Waals surface area contributed by atoms with Crippen LogP contribution in [0, 0.1) is 24.0 Å². The van der Waals surface area contributed by atoms with Crippen molar-refractivity contribution in [1.82, 2.24) is 30.1 Å². The van der Waals surface area contributed by atoms with Crippen molar-refractivity contribution in [2.75, 3.05) is 64.1 Å². The maximum absolute atomic E-state index is 17.3. The summed E-state index contributed by atoms with van der Waals surface area (Å²) in [5.41, 5.74) is 0.976. The van der Waals surface area contributed by atoms with Crippen molar-refractivity contribution in [2.45, 2.75) is 61.8 Å². The van der Waals surface area contributed by atoms with E-state index in [0.717, 1.165) is 31.3 Å². The Morgan fingerprint density at radius 2 is 1.98 bits per heavy atom. The van der Waals surface area contributed by atoms with Crippen LogP contribution >= 0.6 is 0 Å². The van der Waals surface area contributed by atoms with Crippen LogP contribution in [-0.2, 0) is 9.47 Å². The Kier molecular flexibility index (Phi) is 8.31. The zero-order valence-corrected chi connectivity index (χ0v) is 30.4. The Hall–Kier alpha value is -5.10. The summed E-state index contributed by atoms with van der Waals surface area (Å²) in [5, 5.41) is 5.12. The summed E-state index contributed by atoms with van der Waals surface area (Å²) in [6.07, 6.45) is 9.80. The lowest BCUT2D eigenvalue weighted by molar-refractivity contribution is 0.0139. The molecule has 2 bridgehead atoms. The number of carbonyl (C=O) groups is 1. The van der Waals surface area contributed by atoms with Crippen LogP contribution in [-0.4, -0.2) is 120 Å². The number of aromatic nitrogens is 3. The third kappa shape index (κ3) is 5.66. The third-order valence-electron chi connectivity index (χ3n) is 12.4. The Morgan fingerprint density at radius 3 is 2.84 bits per heavy atom. The van der Waals surface area contributed by atoms with Gasteiger partial charge in [0.1, 0.15) is 48.1 Å². The van der Waals surface area contributed by atoms with Gasteiger partial charge < -0.3 is 34.1 Å². The number of terminal acetylenes is 1. The third-order valence-corrected chi connectivity index (χ3v) is 12.4. The molecular formula is C41H41F2N7O5. The number of morpholine rings is 1. The minimum absolute atomic E-state index is 0.00340. The molecule has 1 N–H and O–H groups in total. The number of nitrogens with one attached hydrogen (secondary N) is 1. The molecule has 8 heterocycles. The average Bonchev–Trinajstić information content (AvgIpc) is 3.82. The van der Waals surface area contributed by atoms with Gasteiger partial charge in [-0.3, -0.25) is 4.90 Å². The molecule has 10 rings (SSSR count). The van der Waals surface area contributed by atoms with Crippen molar-refractivity contribution in [3.8, 4) is 35.5 Å². The van der Waals surface area contributed by atoms with Crippen molar-refractivity contribution in [2.24, 2.45) is 0 Å². The number of anilines is 1. The van der Waals surface area contributed by atoms with Gasteiger partial charge in [-0.15, -0.1) is 6.42 Å².